The molecule has 0 amide bonds. The number of hydrogen-bond donors (Lipinski definition) is 1. The molecule has 0 aliphatic rings. The highest BCUT2D eigenvalue weighted by atomic mass is 16.5. The summed E-state index contributed by atoms with van der Waals surface area (Å²) in [6, 6.07) is 2.32. The average molecular weight is 308 g/mol. The van der Waals surface area contributed by atoms with Crippen LogP contribution in [-0.4, -0.2) is 30.8 Å². The molecule has 7 heteroatoms. The predicted octanol–water partition coefficient (Wildman–Crippen LogP) is 1.83. The van der Waals surface area contributed by atoms with Gasteiger partial charge in [0.2, 0.25) is 0 Å². The number of esters is 2. The molecule has 0 saturated heterocycles. The third-order valence-corrected chi connectivity index (χ3v) is 2.55. The van der Waals surface area contributed by atoms with E-state index in [0.29, 0.717) is 0 Å². The first-order valence-corrected chi connectivity index (χ1v) is 6.38. The fourth-order valence-corrected chi connectivity index (χ4v) is 1.54. The summed E-state index contributed by atoms with van der Waals surface area (Å²) in [5, 5.41) is 9.51. The Labute approximate surface area is 126 Å². The Morgan fingerprint density at radius 3 is 2.59 bits per heavy atom. The van der Waals surface area contributed by atoms with Crippen LogP contribution in [0.3, 0.4) is 0 Å². The molecular weight excluding hydrogens is 292 g/mol. The molecule has 1 aromatic rings. The molecule has 0 spiro atoms. The van der Waals surface area contributed by atoms with Gasteiger partial charge in [0.05, 0.1) is 19.3 Å². The lowest BCUT2D eigenvalue weighted by Crippen LogP contribution is -2.09. The van der Waals surface area contributed by atoms with Crippen molar-refractivity contribution in [2.24, 2.45) is 0 Å². The van der Waals surface area contributed by atoms with Crippen LogP contribution in [0.4, 0.5) is 0 Å². The first-order chi connectivity index (χ1) is 10.4. The first-order valence-electron chi connectivity index (χ1n) is 6.38. The maximum absolute atomic E-state index is 11.7. The molecule has 0 aromatic carbocycles. The van der Waals surface area contributed by atoms with Crippen molar-refractivity contribution in [3.8, 4) is 0 Å². The molecule has 1 N–H and O–H groups in total. The van der Waals surface area contributed by atoms with E-state index in [-0.39, 0.29) is 29.3 Å². The summed E-state index contributed by atoms with van der Waals surface area (Å²) >= 11 is 0. The molecule has 0 radical (unpaired) electrons. The molecule has 0 aliphatic carbocycles. The van der Waals surface area contributed by atoms with Gasteiger partial charge in [0, 0.05) is 6.07 Å². The summed E-state index contributed by atoms with van der Waals surface area (Å²) in [7, 11) is 1.18. The standard InChI is InChI=1S/C15H16O7/c1-4-21-15(19)10(9(2)16)5-7-12-11(14(18)20-3)6-8-13(17)22-12/h5-8,16H,4H2,1-3H3/b7-5+,10-9-. The van der Waals surface area contributed by atoms with Gasteiger partial charge < -0.3 is 19.0 Å². The van der Waals surface area contributed by atoms with Crippen LogP contribution < -0.4 is 5.63 Å². The maximum atomic E-state index is 11.7. The second kappa shape index (κ2) is 7.82. The monoisotopic (exact) mass is 308 g/mol. The van der Waals surface area contributed by atoms with Crippen molar-refractivity contribution in [1.82, 2.24) is 0 Å². The number of methoxy groups -OCH3 is 1. The Kier molecular flexibility index (Phi) is 6.12. The summed E-state index contributed by atoms with van der Waals surface area (Å²) < 4.78 is 14.3. The van der Waals surface area contributed by atoms with E-state index in [1.807, 2.05) is 0 Å². The second-order valence-electron chi connectivity index (χ2n) is 4.08. The van der Waals surface area contributed by atoms with E-state index in [2.05, 4.69) is 4.74 Å². The molecule has 1 rings (SSSR count). The van der Waals surface area contributed by atoms with Crippen LogP contribution in [0, 0.1) is 0 Å². The molecule has 1 aromatic heterocycles. The van der Waals surface area contributed by atoms with Gasteiger partial charge in [-0.1, -0.05) is 0 Å². The van der Waals surface area contributed by atoms with Crippen molar-refractivity contribution in [3.05, 3.63) is 51.3 Å². The van der Waals surface area contributed by atoms with Crippen LogP contribution in [0.15, 0.2) is 38.8 Å². The molecule has 0 unspecified atom stereocenters. The highest BCUT2D eigenvalue weighted by molar-refractivity contribution is 5.95. The van der Waals surface area contributed by atoms with E-state index >= 15 is 0 Å². The van der Waals surface area contributed by atoms with E-state index in [1.54, 1.807) is 6.92 Å². The lowest BCUT2D eigenvalue weighted by Gasteiger charge is -2.04. The quantitative estimate of drug-likeness (QED) is 0.383. The lowest BCUT2D eigenvalue weighted by molar-refractivity contribution is -0.138. The van der Waals surface area contributed by atoms with Gasteiger partial charge in [0.25, 0.3) is 0 Å². The van der Waals surface area contributed by atoms with Crippen molar-refractivity contribution in [2.75, 3.05) is 13.7 Å². The van der Waals surface area contributed by atoms with E-state index < -0.39 is 17.6 Å². The topological polar surface area (TPSA) is 103 Å². The minimum Gasteiger partial charge on any atom is -0.512 e. The molecule has 0 bridgehead atoms. The molecule has 118 valence electrons. The zero-order valence-corrected chi connectivity index (χ0v) is 12.4. The Morgan fingerprint density at radius 1 is 1.36 bits per heavy atom. The minimum atomic E-state index is -0.739. The normalized spacial score (nSPS) is 12.0. The molecule has 0 fully saturated rings. The van der Waals surface area contributed by atoms with Gasteiger partial charge in [0.1, 0.15) is 17.1 Å². The van der Waals surface area contributed by atoms with Crippen LogP contribution in [0.25, 0.3) is 6.08 Å². The van der Waals surface area contributed by atoms with Crippen molar-refractivity contribution in [2.45, 2.75) is 13.8 Å². The zero-order chi connectivity index (χ0) is 16.7. The summed E-state index contributed by atoms with van der Waals surface area (Å²) in [6.07, 6.45) is 2.40. The minimum absolute atomic E-state index is 0.0113. The Bertz CT molecular complexity index is 675. The van der Waals surface area contributed by atoms with Crippen LogP contribution in [-0.2, 0) is 14.3 Å². The van der Waals surface area contributed by atoms with E-state index in [0.717, 1.165) is 6.07 Å². The Morgan fingerprint density at radius 2 is 2.05 bits per heavy atom. The number of carbonyl (C=O) groups is 2. The number of hydrogen-bond acceptors (Lipinski definition) is 7. The van der Waals surface area contributed by atoms with Gasteiger partial charge in [-0.15, -0.1) is 0 Å². The highest BCUT2D eigenvalue weighted by Gasteiger charge is 2.15. The molecule has 0 atom stereocenters. The van der Waals surface area contributed by atoms with Crippen LogP contribution in [0.1, 0.15) is 30.0 Å². The second-order valence-corrected chi connectivity index (χ2v) is 4.08. The van der Waals surface area contributed by atoms with Gasteiger partial charge in [-0.25, -0.2) is 14.4 Å². The van der Waals surface area contributed by atoms with Crippen LogP contribution in [0.5, 0.6) is 0 Å². The number of aliphatic hydroxyl groups is 1. The predicted molar refractivity (Wildman–Crippen MR) is 77.3 cm³/mol. The summed E-state index contributed by atoms with van der Waals surface area (Å²) in [4.78, 5) is 34.5. The van der Waals surface area contributed by atoms with Crippen molar-refractivity contribution < 1.29 is 28.6 Å². The SMILES string of the molecule is CCOC(=O)C(/C=C/c1oc(=O)ccc1C(=O)OC)=C(/C)O. The fourth-order valence-electron chi connectivity index (χ4n) is 1.54. The Balaban J connectivity index is 3.24. The van der Waals surface area contributed by atoms with Gasteiger partial charge in [0.15, 0.2) is 0 Å². The zero-order valence-electron chi connectivity index (χ0n) is 12.4. The molecule has 22 heavy (non-hydrogen) atoms. The molecule has 0 aliphatic heterocycles. The molecule has 0 saturated carbocycles. The van der Waals surface area contributed by atoms with Crippen molar-refractivity contribution in [3.63, 3.8) is 0 Å². The number of ether oxygens (including phenoxy) is 2. The van der Waals surface area contributed by atoms with Crippen molar-refractivity contribution in [1.29, 1.82) is 0 Å². The fraction of sp³-hybridized carbons (Fsp3) is 0.267. The van der Waals surface area contributed by atoms with Crippen LogP contribution in [0.2, 0.25) is 0 Å². The lowest BCUT2D eigenvalue weighted by atomic mass is 10.1. The number of allylic oxidation sites excluding steroid dienone is 1. The molecule has 1 heterocycles. The number of rotatable bonds is 5. The third kappa shape index (κ3) is 4.34. The molecular formula is C15H16O7. The van der Waals surface area contributed by atoms with E-state index in [4.69, 9.17) is 9.15 Å². The summed E-state index contributed by atoms with van der Waals surface area (Å²) in [6.45, 7) is 3.06. The number of aliphatic hydroxyl groups excluding tert-OH is 1. The van der Waals surface area contributed by atoms with Gasteiger partial charge in [-0.05, 0) is 32.1 Å². The highest BCUT2D eigenvalue weighted by Crippen LogP contribution is 2.13. The first kappa shape index (κ1) is 17.2. The van der Waals surface area contributed by atoms with E-state index in [1.165, 1.54) is 32.3 Å². The largest absolute Gasteiger partial charge is 0.512 e. The third-order valence-electron chi connectivity index (χ3n) is 2.55. The Hall–Kier alpha value is -2.83. The van der Waals surface area contributed by atoms with Gasteiger partial charge >= 0.3 is 17.6 Å². The van der Waals surface area contributed by atoms with E-state index in [9.17, 15) is 19.5 Å². The van der Waals surface area contributed by atoms with Gasteiger partial charge in [-0.3, -0.25) is 0 Å². The van der Waals surface area contributed by atoms with Crippen molar-refractivity contribution >= 4 is 18.0 Å². The smallest absolute Gasteiger partial charge is 0.341 e. The van der Waals surface area contributed by atoms with Crippen LogP contribution >= 0.6 is 0 Å². The summed E-state index contributed by atoms with van der Waals surface area (Å²) in [5.41, 5.74) is -0.781. The van der Waals surface area contributed by atoms with Gasteiger partial charge in [-0.2, -0.15) is 0 Å². The maximum Gasteiger partial charge on any atom is 0.341 e. The summed E-state index contributed by atoms with van der Waals surface area (Å²) in [5.74, 6) is -1.81. The number of carbonyl (C=O) groups excluding carboxylic acids is 2. The molecule has 7 nitrogen and oxygen atoms in total. The average Bonchev–Trinajstić information content (AvgIpc) is 2.46.